The van der Waals surface area contributed by atoms with Gasteiger partial charge in [-0.3, -0.25) is 4.79 Å². The number of aromatic nitrogens is 2. The van der Waals surface area contributed by atoms with Crippen LogP contribution in [0.25, 0.3) is 11.1 Å². The van der Waals surface area contributed by atoms with E-state index in [1.807, 2.05) is 68.4 Å². The van der Waals surface area contributed by atoms with Gasteiger partial charge in [0.2, 0.25) is 11.7 Å². The number of alkyl halides is 3. The van der Waals surface area contributed by atoms with Crippen LogP contribution in [0.2, 0.25) is 0 Å². The molecule has 0 saturated carbocycles. The topological polar surface area (TPSA) is 76.1 Å². The molecular weight excluding hydrogens is 625 g/mol. The predicted molar refractivity (Wildman–Crippen MR) is 192 cm³/mol. The Labute approximate surface area is 287 Å². The molecule has 0 bridgehead atoms. The van der Waals surface area contributed by atoms with Crippen molar-refractivity contribution in [2.45, 2.75) is 72.2 Å². The molecule has 2 unspecified atom stereocenters. The lowest BCUT2D eigenvalue weighted by Gasteiger charge is -2.26. The summed E-state index contributed by atoms with van der Waals surface area (Å²) in [6, 6.07) is 16.5. The average molecular weight is 669 g/mol. The Kier molecular flexibility index (Phi) is 14.2. The van der Waals surface area contributed by atoms with Gasteiger partial charge < -0.3 is 15.4 Å². The van der Waals surface area contributed by atoms with Gasteiger partial charge in [-0.15, -0.1) is 6.42 Å². The van der Waals surface area contributed by atoms with Crippen molar-refractivity contribution in [3.8, 4) is 12.3 Å². The number of anilines is 1. The van der Waals surface area contributed by atoms with Gasteiger partial charge >= 0.3 is 6.18 Å². The van der Waals surface area contributed by atoms with Crippen LogP contribution in [-0.2, 0) is 9.53 Å². The van der Waals surface area contributed by atoms with Crippen molar-refractivity contribution in [3.05, 3.63) is 137 Å². The number of benzene rings is 2. The molecule has 49 heavy (non-hydrogen) atoms. The normalized spacial score (nSPS) is 14.0. The second-order valence-corrected chi connectivity index (χ2v) is 11.1. The Hall–Kier alpha value is -5.36. The Balaban J connectivity index is 1.91. The van der Waals surface area contributed by atoms with Crippen molar-refractivity contribution in [1.82, 2.24) is 15.3 Å². The smallest absolute Gasteiger partial charge is 0.416 e. The minimum Gasteiger partial charge on any atom is -0.472 e. The number of carbonyl (C=O) groups excluding carboxylic acids is 1. The molecule has 0 aliphatic carbocycles. The van der Waals surface area contributed by atoms with Crippen LogP contribution in [-0.4, -0.2) is 34.2 Å². The fraction of sp³-hybridized carbons (Fsp3) is 0.275. The lowest BCUT2D eigenvalue weighted by Crippen LogP contribution is -2.41. The summed E-state index contributed by atoms with van der Waals surface area (Å²) in [5.74, 6) is 2.49. The van der Waals surface area contributed by atoms with E-state index in [0.29, 0.717) is 42.0 Å². The van der Waals surface area contributed by atoms with Crippen LogP contribution in [0.15, 0.2) is 115 Å². The van der Waals surface area contributed by atoms with Gasteiger partial charge in [0.15, 0.2) is 5.88 Å². The molecule has 9 heteroatoms. The molecule has 0 aliphatic rings. The number of allylic oxidation sites excluding steroid dienone is 5. The lowest BCUT2D eigenvalue weighted by molar-refractivity contribution is -0.118. The molecule has 2 atom stereocenters. The van der Waals surface area contributed by atoms with Gasteiger partial charge in [-0.05, 0) is 80.0 Å². The fourth-order valence-electron chi connectivity index (χ4n) is 5.15. The summed E-state index contributed by atoms with van der Waals surface area (Å²) in [4.78, 5) is 22.0. The zero-order chi connectivity index (χ0) is 36.0. The first-order valence-corrected chi connectivity index (χ1v) is 16.2. The number of hydrogen-bond donors (Lipinski definition) is 2. The lowest BCUT2D eigenvalue weighted by atomic mass is 9.93. The van der Waals surface area contributed by atoms with E-state index in [9.17, 15) is 18.0 Å². The molecule has 3 aromatic rings. The summed E-state index contributed by atoms with van der Waals surface area (Å²) in [7, 11) is 0. The van der Waals surface area contributed by atoms with Gasteiger partial charge in [0.05, 0.1) is 5.57 Å². The van der Waals surface area contributed by atoms with E-state index in [2.05, 4.69) is 33.1 Å². The van der Waals surface area contributed by atoms with Crippen LogP contribution >= 0.6 is 0 Å². The number of rotatable bonds is 15. The van der Waals surface area contributed by atoms with Gasteiger partial charge in [-0.2, -0.15) is 13.2 Å². The van der Waals surface area contributed by atoms with Crippen molar-refractivity contribution >= 4 is 22.7 Å². The number of nitrogens with zero attached hydrogens (tertiary/aromatic N) is 2. The van der Waals surface area contributed by atoms with Crippen LogP contribution in [0.1, 0.15) is 76.4 Å². The number of terminal acetylenes is 1. The first-order valence-electron chi connectivity index (χ1n) is 16.2. The van der Waals surface area contributed by atoms with Gasteiger partial charge in [-0.25, -0.2) is 9.97 Å². The maximum Gasteiger partial charge on any atom is 0.416 e. The van der Waals surface area contributed by atoms with E-state index < -0.39 is 23.9 Å². The quantitative estimate of drug-likeness (QED) is 0.0959. The highest BCUT2D eigenvalue weighted by Gasteiger charge is 2.33. The molecular formula is C40H43F3N4O2. The fourth-order valence-corrected chi connectivity index (χ4v) is 5.15. The Morgan fingerprint density at radius 2 is 1.67 bits per heavy atom. The molecule has 6 nitrogen and oxygen atoms in total. The van der Waals surface area contributed by atoms with Crippen LogP contribution in [0, 0.1) is 12.3 Å². The molecule has 1 heterocycles. The number of hydrogen-bond acceptors (Lipinski definition) is 5. The minimum atomic E-state index is -4.59. The zero-order valence-electron chi connectivity index (χ0n) is 28.6. The van der Waals surface area contributed by atoms with Crippen molar-refractivity contribution in [2.24, 2.45) is 0 Å². The second-order valence-electron chi connectivity index (χ2n) is 11.1. The Morgan fingerprint density at radius 3 is 2.24 bits per heavy atom. The Morgan fingerprint density at radius 1 is 1.02 bits per heavy atom. The molecule has 0 fully saturated rings. The summed E-state index contributed by atoms with van der Waals surface area (Å²) in [6.45, 7) is 12.9. The number of nitrogens with one attached hydrogen (secondary N) is 2. The molecule has 2 aromatic carbocycles. The van der Waals surface area contributed by atoms with E-state index in [1.54, 1.807) is 26.0 Å². The highest BCUT2D eigenvalue weighted by molar-refractivity contribution is 5.98. The standard InChI is InChI=1S/C40H43F3N4O2/c1-8-18-36(39(48)47-35-23-17-16-22-33(35)27(6)29-20-14-13-15-21-29)46-38(19-9-2)49-28(7)32(11-4)34(24-31(10-3)40(41,42)43)30-25-44-37(12-5)45-26-30/h5,10-11,13-17,19-26,28,36,46H,6,8-9,18H2,1-4,7H3,(H,47,48)/b31-10+,32-11+,34-24-,38-19+. The maximum absolute atomic E-state index is 13.9. The van der Waals surface area contributed by atoms with E-state index in [0.717, 1.165) is 28.9 Å². The molecule has 0 saturated heterocycles. The zero-order valence-corrected chi connectivity index (χ0v) is 28.6. The van der Waals surface area contributed by atoms with E-state index >= 15 is 0 Å². The maximum atomic E-state index is 13.9. The summed E-state index contributed by atoms with van der Waals surface area (Å²) >= 11 is 0. The third-order valence-corrected chi connectivity index (χ3v) is 7.63. The highest BCUT2D eigenvalue weighted by atomic mass is 19.4. The Bertz CT molecular complexity index is 1750. The van der Waals surface area contributed by atoms with Gasteiger partial charge in [0.1, 0.15) is 12.1 Å². The molecule has 1 aromatic heterocycles. The van der Waals surface area contributed by atoms with Crippen molar-refractivity contribution < 1.29 is 22.7 Å². The molecule has 0 spiro atoms. The second kappa shape index (κ2) is 18.3. The highest BCUT2D eigenvalue weighted by Crippen LogP contribution is 2.34. The number of ether oxygens (including phenoxy) is 1. The monoisotopic (exact) mass is 668 g/mol. The molecule has 0 aliphatic heterocycles. The summed E-state index contributed by atoms with van der Waals surface area (Å²) in [5.41, 5.74) is 3.29. The molecule has 3 rings (SSSR count). The molecule has 256 valence electrons. The summed E-state index contributed by atoms with van der Waals surface area (Å²) in [6.07, 6.45) is 10.1. The summed E-state index contributed by atoms with van der Waals surface area (Å²) in [5, 5.41) is 6.32. The summed E-state index contributed by atoms with van der Waals surface area (Å²) < 4.78 is 48.1. The van der Waals surface area contributed by atoms with Crippen LogP contribution in [0.5, 0.6) is 0 Å². The first-order chi connectivity index (χ1) is 23.5. The third kappa shape index (κ3) is 10.6. The van der Waals surface area contributed by atoms with Crippen LogP contribution in [0.4, 0.5) is 18.9 Å². The molecule has 2 N–H and O–H groups in total. The largest absolute Gasteiger partial charge is 0.472 e. The minimum absolute atomic E-state index is 0.112. The van der Waals surface area contributed by atoms with E-state index in [-0.39, 0.29) is 17.3 Å². The number of amides is 1. The number of carbonyl (C=O) groups is 1. The van der Waals surface area contributed by atoms with Crippen molar-refractivity contribution in [1.29, 1.82) is 0 Å². The number of halogens is 3. The SMILES string of the molecule is C#Cc1ncc(C(=C/C(=C\C)C(F)(F)F)/C(=C/C)C(C)O/C(=C/CC)NC(CCC)C(=O)Nc2ccccc2C(=C)c2ccccc2)cn1. The number of para-hydroxylation sites is 1. The van der Waals surface area contributed by atoms with Gasteiger partial charge in [0.25, 0.3) is 0 Å². The average Bonchev–Trinajstić information content (AvgIpc) is 3.09. The molecule has 1 amide bonds. The molecule has 0 radical (unpaired) electrons. The predicted octanol–water partition coefficient (Wildman–Crippen LogP) is 9.41. The van der Waals surface area contributed by atoms with Crippen molar-refractivity contribution in [3.63, 3.8) is 0 Å². The van der Waals surface area contributed by atoms with Crippen LogP contribution < -0.4 is 10.6 Å². The van der Waals surface area contributed by atoms with E-state index in [1.165, 1.54) is 19.3 Å². The van der Waals surface area contributed by atoms with E-state index in [4.69, 9.17) is 11.2 Å². The third-order valence-electron chi connectivity index (χ3n) is 7.63. The van der Waals surface area contributed by atoms with Crippen molar-refractivity contribution in [2.75, 3.05) is 5.32 Å². The van der Waals surface area contributed by atoms with Crippen LogP contribution in [0.3, 0.4) is 0 Å². The first kappa shape index (κ1) is 38.1. The van der Waals surface area contributed by atoms with Gasteiger partial charge in [0, 0.05) is 29.2 Å². The van der Waals surface area contributed by atoms with Gasteiger partial charge in [-0.1, -0.05) is 87.5 Å².